The first-order valence-corrected chi connectivity index (χ1v) is 7.39. The van der Waals surface area contributed by atoms with E-state index in [0.717, 1.165) is 6.07 Å². The molecule has 0 atom stereocenters. The lowest BCUT2D eigenvalue weighted by Crippen LogP contribution is -2.08. The van der Waals surface area contributed by atoms with Crippen LogP contribution in [-0.4, -0.2) is 18.0 Å². The predicted octanol–water partition coefficient (Wildman–Crippen LogP) is 4.22. The van der Waals surface area contributed by atoms with Gasteiger partial charge in [0.2, 0.25) is 5.76 Å². The Labute approximate surface area is 146 Å². The van der Waals surface area contributed by atoms with Gasteiger partial charge in [0.25, 0.3) is 5.69 Å². The van der Waals surface area contributed by atoms with E-state index in [0.29, 0.717) is 0 Å². The van der Waals surface area contributed by atoms with E-state index < -0.39 is 16.7 Å². The molecule has 1 heterocycles. The van der Waals surface area contributed by atoms with Crippen LogP contribution in [0.15, 0.2) is 59.0 Å². The summed E-state index contributed by atoms with van der Waals surface area (Å²) in [7, 11) is 1.34. The summed E-state index contributed by atoms with van der Waals surface area (Å²) in [6, 6.07) is 12.3. The van der Waals surface area contributed by atoms with E-state index in [-0.39, 0.29) is 34.3 Å². The van der Waals surface area contributed by atoms with E-state index in [1.807, 2.05) is 0 Å². The maximum absolute atomic E-state index is 13.8. The normalized spacial score (nSPS) is 10.4. The smallest absolute Gasteiger partial charge is 0.379 e. The Morgan fingerprint density at radius 1 is 1.12 bits per heavy atom. The van der Waals surface area contributed by atoms with Crippen molar-refractivity contribution in [2.45, 2.75) is 0 Å². The second kappa shape index (κ2) is 7.06. The molecule has 0 saturated heterocycles. The Balaban J connectivity index is 1.86. The van der Waals surface area contributed by atoms with Crippen molar-refractivity contribution in [1.82, 2.24) is 0 Å². The van der Waals surface area contributed by atoms with Gasteiger partial charge in [-0.2, -0.15) is 0 Å². The highest BCUT2D eigenvalue weighted by molar-refractivity contribution is 5.89. The highest BCUT2D eigenvalue weighted by Crippen LogP contribution is 2.32. The zero-order chi connectivity index (χ0) is 18.7. The summed E-state index contributed by atoms with van der Waals surface area (Å²) in [5, 5.41) is 10.9. The number of nitro groups is 1. The van der Waals surface area contributed by atoms with Crippen molar-refractivity contribution in [3.8, 4) is 22.8 Å². The fourth-order valence-corrected chi connectivity index (χ4v) is 2.26. The molecule has 132 valence electrons. The first kappa shape index (κ1) is 17.2. The predicted molar refractivity (Wildman–Crippen MR) is 88.7 cm³/mol. The van der Waals surface area contributed by atoms with Crippen LogP contribution in [0.25, 0.3) is 11.3 Å². The fraction of sp³-hybridized carbons (Fsp3) is 0.0556. The average Bonchev–Trinajstić information content (AvgIpc) is 3.12. The second-order valence-corrected chi connectivity index (χ2v) is 5.13. The third-order valence-electron chi connectivity index (χ3n) is 3.51. The minimum Gasteiger partial charge on any atom is -0.493 e. The number of rotatable bonds is 5. The third kappa shape index (κ3) is 3.39. The standard InChI is InChI=1S/C18H12FNO6/c1-24-15-7-6-11(20(22)23)10-17(15)26-18(21)16-9-8-14(25-16)12-4-2-3-5-13(12)19/h2-10H,1H3. The quantitative estimate of drug-likeness (QED) is 0.294. The van der Waals surface area contributed by atoms with Gasteiger partial charge < -0.3 is 13.9 Å². The van der Waals surface area contributed by atoms with Gasteiger partial charge in [-0.05, 0) is 30.3 Å². The molecule has 7 nitrogen and oxygen atoms in total. The molecule has 0 aliphatic heterocycles. The molecule has 0 aliphatic rings. The minimum atomic E-state index is -0.897. The highest BCUT2D eigenvalue weighted by Gasteiger charge is 2.20. The Hall–Kier alpha value is -3.68. The lowest BCUT2D eigenvalue weighted by Gasteiger charge is -2.07. The second-order valence-electron chi connectivity index (χ2n) is 5.13. The zero-order valence-electron chi connectivity index (χ0n) is 13.5. The summed E-state index contributed by atoms with van der Waals surface area (Å²) in [4.78, 5) is 22.5. The van der Waals surface area contributed by atoms with Crippen molar-refractivity contribution >= 4 is 11.7 Å². The number of benzene rings is 2. The third-order valence-corrected chi connectivity index (χ3v) is 3.51. The van der Waals surface area contributed by atoms with Gasteiger partial charge in [0, 0.05) is 6.07 Å². The first-order valence-electron chi connectivity index (χ1n) is 7.39. The molecule has 0 unspecified atom stereocenters. The van der Waals surface area contributed by atoms with Gasteiger partial charge in [-0.15, -0.1) is 0 Å². The number of hydrogen-bond acceptors (Lipinski definition) is 6. The maximum Gasteiger partial charge on any atom is 0.379 e. The number of esters is 1. The number of halogens is 1. The maximum atomic E-state index is 13.8. The van der Waals surface area contributed by atoms with E-state index in [1.165, 1.54) is 49.6 Å². The van der Waals surface area contributed by atoms with Crippen molar-refractivity contribution in [1.29, 1.82) is 0 Å². The van der Waals surface area contributed by atoms with Crippen molar-refractivity contribution in [3.63, 3.8) is 0 Å². The number of methoxy groups -OCH3 is 1. The molecule has 1 aromatic heterocycles. The summed E-state index contributed by atoms with van der Waals surface area (Å²) >= 11 is 0. The molecule has 3 rings (SSSR count). The summed E-state index contributed by atoms with van der Waals surface area (Å²) < 4.78 is 29.3. The number of carbonyl (C=O) groups excluding carboxylic acids is 1. The molecule has 0 bridgehead atoms. The summed E-state index contributed by atoms with van der Waals surface area (Å²) in [5.74, 6) is -1.41. The van der Waals surface area contributed by atoms with Gasteiger partial charge in [0.15, 0.2) is 11.5 Å². The van der Waals surface area contributed by atoms with Crippen LogP contribution in [0.5, 0.6) is 11.5 Å². The topological polar surface area (TPSA) is 91.8 Å². The Bertz CT molecular complexity index is 981. The van der Waals surface area contributed by atoms with Crippen LogP contribution >= 0.6 is 0 Å². The Morgan fingerprint density at radius 2 is 1.88 bits per heavy atom. The van der Waals surface area contributed by atoms with Crippen LogP contribution in [0.2, 0.25) is 0 Å². The van der Waals surface area contributed by atoms with Crippen molar-refractivity contribution in [3.05, 3.63) is 76.3 Å². The molecule has 0 amide bonds. The van der Waals surface area contributed by atoms with E-state index in [4.69, 9.17) is 13.9 Å². The van der Waals surface area contributed by atoms with Crippen LogP contribution in [0.3, 0.4) is 0 Å². The molecule has 0 fully saturated rings. The molecule has 0 saturated carbocycles. The van der Waals surface area contributed by atoms with Crippen molar-refractivity contribution in [2.24, 2.45) is 0 Å². The van der Waals surface area contributed by atoms with Crippen LogP contribution in [0.4, 0.5) is 10.1 Å². The van der Waals surface area contributed by atoms with E-state index >= 15 is 0 Å². The highest BCUT2D eigenvalue weighted by atomic mass is 19.1. The lowest BCUT2D eigenvalue weighted by atomic mass is 10.1. The SMILES string of the molecule is COc1ccc([N+](=O)[O-])cc1OC(=O)c1ccc(-c2ccccc2F)o1. The van der Waals surface area contributed by atoms with Crippen molar-refractivity contribution < 1.29 is 28.0 Å². The molecule has 0 aliphatic carbocycles. The summed E-state index contributed by atoms with van der Waals surface area (Å²) in [6.45, 7) is 0. The largest absolute Gasteiger partial charge is 0.493 e. The summed E-state index contributed by atoms with van der Waals surface area (Å²) in [5.41, 5.74) is -0.0698. The number of non-ortho nitro benzene ring substituents is 1. The minimum absolute atomic E-state index is 0.129. The molecular formula is C18H12FNO6. The lowest BCUT2D eigenvalue weighted by molar-refractivity contribution is -0.384. The first-order chi connectivity index (χ1) is 12.5. The van der Waals surface area contributed by atoms with Gasteiger partial charge in [0.1, 0.15) is 11.6 Å². The number of carbonyl (C=O) groups is 1. The van der Waals surface area contributed by atoms with Gasteiger partial charge in [-0.3, -0.25) is 10.1 Å². The molecule has 0 spiro atoms. The molecule has 8 heteroatoms. The summed E-state index contributed by atoms with van der Waals surface area (Å²) in [6.07, 6.45) is 0. The number of nitro benzene ring substituents is 1. The van der Waals surface area contributed by atoms with Crippen LogP contribution < -0.4 is 9.47 Å². The van der Waals surface area contributed by atoms with E-state index in [9.17, 15) is 19.3 Å². The monoisotopic (exact) mass is 357 g/mol. The number of hydrogen-bond donors (Lipinski definition) is 0. The number of furan rings is 1. The van der Waals surface area contributed by atoms with Crippen LogP contribution in [0.1, 0.15) is 10.6 Å². The molecule has 0 radical (unpaired) electrons. The number of ether oxygens (including phenoxy) is 2. The molecular weight excluding hydrogens is 345 g/mol. The molecule has 2 aromatic carbocycles. The Morgan fingerprint density at radius 3 is 2.58 bits per heavy atom. The average molecular weight is 357 g/mol. The van der Waals surface area contributed by atoms with Gasteiger partial charge >= 0.3 is 5.97 Å². The van der Waals surface area contributed by atoms with Gasteiger partial charge in [0.05, 0.1) is 23.7 Å². The fourth-order valence-electron chi connectivity index (χ4n) is 2.26. The molecule has 0 N–H and O–H groups in total. The molecule has 3 aromatic rings. The van der Waals surface area contributed by atoms with E-state index in [1.54, 1.807) is 6.07 Å². The number of nitrogens with zero attached hydrogens (tertiary/aromatic N) is 1. The Kier molecular flexibility index (Phi) is 4.66. The zero-order valence-corrected chi connectivity index (χ0v) is 13.5. The van der Waals surface area contributed by atoms with E-state index in [2.05, 4.69) is 0 Å². The van der Waals surface area contributed by atoms with Gasteiger partial charge in [-0.25, -0.2) is 9.18 Å². The molecule has 26 heavy (non-hydrogen) atoms. The van der Waals surface area contributed by atoms with Crippen LogP contribution in [-0.2, 0) is 0 Å². The van der Waals surface area contributed by atoms with Crippen LogP contribution in [0, 0.1) is 15.9 Å². The van der Waals surface area contributed by atoms with Crippen molar-refractivity contribution in [2.75, 3.05) is 7.11 Å². The van der Waals surface area contributed by atoms with Gasteiger partial charge in [-0.1, -0.05) is 12.1 Å².